The number of rotatable bonds is 7. The van der Waals surface area contributed by atoms with E-state index in [-0.39, 0.29) is 0 Å². The molecule has 0 spiro atoms. The Kier molecular flexibility index (Phi) is 7.20. The second-order valence-corrected chi connectivity index (χ2v) is 5.79. The lowest BCUT2D eigenvalue weighted by atomic mass is 9.80. The zero-order chi connectivity index (χ0) is 13.5. The Morgan fingerprint density at radius 3 is 2.61 bits per heavy atom. The van der Waals surface area contributed by atoms with E-state index in [1.165, 1.54) is 25.7 Å². The molecule has 0 radical (unpaired) electrons. The van der Waals surface area contributed by atoms with Gasteiger partial charge in [-0.05, 0) is 45.7 Å². The Morgan fingerprint density at radius 2 is 2.06 bits per heavy atom. The van der Waals surface area contributed by atoms with Gasteiger partial charge in [-0.3, -0.25) is 4.90 Å². The highest BCUT2D eigenvalue weighted by atomic mass is 16.5. The van der Waals surface area contributed by atoms with Gasteiger partial charge in [-0.15, -0.1) is 0 Å². The fraction of sp³-hybridized carbons (Fsp3) is 1.00. The van der Waals surface area contributed by atoms with Gasteiger partial charge in [-0.1, -0.05) is 20.3 Å². The monoisotopic (exact) mass is 256 g/mol. The number of hydrogen-bond donors (Lipinski definition) is 1. The van der Waals surface area contributed by atoms with Crippen molar-refractivity contribution in [3.63, 3.8) is 0 Å². The summed E-state index contributed by atoms with van der Waals surface area (Å²) in [7, 11) is 4.05. The maximum absolute atomic E-state index is 5.30. The van der Waals surface area contributed by atoms with Crippen LogP contribution < -0.4 is 5.32 Å². The largest absolute Gasteiger partial charge is 0.383 e. The fourth-order valence-electron chi connectivity index (χ4n) is 3.24. The van der Waals surface area contributed by atoms with E-state index in [0.717, 1.165) is 19.1 Å². The van der Waals surface area contributed by atoms with Crippen LogP contribution in [0.15, 0.2) is 0 Å². The molecule has 0 aromatic rings. The third-order valence-electron chi connectivity index (χ3n) is 4.60. The zero-order valence-electron chi connectivity index (χ0n) is 12.9. The van der Waals surface area contributed by atoms with Crippen LogP contribution in [0.2, 0.25) is 0 Å². The van der Waals surface area contributed by atoms with Crippen molar-refractivity contribution in [1.29, 1.82) is 0 Å². The summed E-state index contributed by atoms with van der Waals surface area (Å²) in [4.78, 5) is 2.53. The molecule has 4 unspecified atom stereocenters. The Balaban J connectivity index is 2.64. The summed E-state index contributed by atoms with van der Waals surface area (Å²) < 4.78 is 5.30. The molecule has 0 aromatic heterocycles. The maximum Gasteiger partial charge on any atom is 0.0615 e. The minimum Gasteiger partial charge on any atom is -0.383 e. The highest BCUT2D eigenvalue weighted by Crippen LogP contribution is 2.30. The summed E-state index contributed by atoms with van der Waals surface area (Å²) in [6.07, 6.45) is 5.36. The average molecular weight is 256 g/mol. The van der Waals surface area contributed by atoms with Crippen molar-refractivity contribution in [1.82, 2.24) is 10.2 Å². The van der Waals surface area contributed by atoms with Crippen LogP contribution in [0.25, 0.3) is 0 Å². The third kappa shape index (κ3) is 4.22. The van der Waals surface area contributed by atoms with Gasteiger partial charge in [0.05, 0.1) is 6.61 Å². The zero-order valence-corrected chi connectivity index (χ0v) is 12.9. The molecule has 0 aliphatic heterocycles. The first-order valence-corrected chi connectivity index (χ1v) is 7.58. The van der Waals surface area contributed by atoms with Crippen LogP contribution in [0, 0.1) is 5.92 Å². The molecule has 1 rings (SSSR count). The molecule has 108 valence electrons. The number of hydrogen-bond acceptors (Lipinski definition) is 3. The van der Waals surface area contributed by atoms with E-state index in [0.29, 0.717) is 18.1 Å². The summed E-state index contributed by atoms with van der Waals surface area (Å²) in [5.41, 5.74) is 0. The van der Waals surface area contributed by atoms with Crippen molar-refractivity contribution in [3.8, 4) is 0 Å². The SMILES string of the molecule is CCNC1CCC(CC)CC1N(C)C(C)COC. The smallest absolute Gasteiger partial charge is 0.0615 e. The van der Waals surface area contributed by atoms with Crippen molar-refractivity contribution >= 4 is 0 Å². The van der Waals surface area contributed by atoms with Gasteiger partial charge in [0.15, 0.2) is 0 Å². The van der Waals surface area contributed by atoms with E-state index >= 15 is 0 Å². The van der Waals surface area contributed by atoms with Gasteiger partial charge in [0, 0.05) is 25.2 Å². The summed E-state index contributed by atoms with van der Waals surface area (Å²) >= 11 is 0. The van der Waals surface area contributed by atoms with Crippen LogP contribution in [-0.2, 0) is 4.74 Å². The van der Waals surface area contributed by atoms with Gasteiger partial charge in [0.2, 0.25) is 0 Å². The van der Waals surface area contributed by atoms with Crippen LogP contribution in [0.4, 0.5) is 0 Å². The lowest BCUT2D eigenvalue weighted by Gasteiger charge is -2.43. The van der Waals surface area contributed by atoms with Crippen LogP contribution in [-0.4, -0.2) is 50.3 Å². The Bertz CT molecular complexity index is 223. The summed E-state index contributed by atoms with van der Waals surface area (Å²) in [6.45, 7) is 8.70. The average Bonchev–Trinajstić information content (AvgIpc) is 2.39. The molecule has 3 heteroatoms. The summed E-state index contributed by atoms with van der Waals surface area (Å²) in [5, 5.41) is 3.67. The van der Waals surface area contributed by atoms with E-state index in [1.807, 2.05) is 0 Å². The molecule has 0 heterocycles. The lowest BCUT2D eigenvalue weighted by molar-refractivity contribution is 0.0483. The minimum atomic E-state index is 0.497. The highest BCUT2D eigenvalue weighted by Gasteiger charge is 2.33. The first-order valence-electron chi connectivity index (χ1n) is 7.58. The van der Waals surface area contributed by atoms with E-state index < -0.39 is 0 Å². The van der Waals surface area contributed by atoms with Gasteiger partial charge < -0.3 is 10.1 Å². The number of nitrogens with one attached hydrogen (secondary N) is 1. The van der Waals surface area contributed by atoms with Crippen molar-refractivity contribution in [2.45, 2.75) is 64.6 Å². The first kappa shape index (κ1) is 15.9. The second-order valence-electron chi connectivity index (χ2n) is 5.79. The van der Waals surface area contributed by atoms with Gasteiger partial charge in [-0.25, -0.2) is 0 Å². The molecule has 18 heavy (non-hydrogen) atoms. The molecule has 1 saturated carbocycles. The highest BCUT2D eigenvalue weighted by molar-refractivity contribution is 4.91. The van der Waals surface area contributed by atoms with Crippen molar-refractivity contribution in [2.75, 3.05) is 27.3 Å². The summed E-state index contributed by atoms with van der Waals surface area (Å²) in [5.74, 6) is 0.905. The Labute approximate surface area is 113 Å². The standard InChI is InChI=1S/C15H32N2O/c1-6-13-8-9-14(16-7-2)15(10-13)17(4)12(3)11-18-5/h12-16H,6-11H2,1-5H3. The predicted molar refractivity (Wildman–Crippen MR) is 78.0 cm³/mol. The van der Waals surface area contributed by atoms with Crippen LogP contribution in [0.3, 0.4) is 0 Å². The van der Waals surface area contributed by atoms with E-state index in [1.54, 1.807) is 7.11 Å². The summed E-state index contributed by atoms with van der Waals surface area (Å²) in [6, 6.07) is 1.81. The van der Waals surface area contributed by atoms with E-state index in [4.69, 9.17) is 4.74 Å². The van der Waals surface area contributed by atoms with Crippen LogP contribution >= 0.6 is 0 Å². The van der Waals surface area contributed by atoms with Crippen LogP contribution in [0.5, 0.6) is 0 Å². The van der Waals surface area contributed by atoms with Gasteiger partial charge >= 0.3 is 0 Å². The molecule has 1 aliphatic carbocycles. The Morgan fingerprint density at radius 1 is 1.33 bits per heavy atom. The van der Waals surface area contributed by atoms with Crippen molar-refractivity contribution < 1.29 is 4.74 Å². The molecule has 1 aliphatic rings. The van der Waals surface area contributed by atoms with Gasteiger partial charge in [0.1, 0.15) is 0 Å². The van der Waals surface area contributed by atoms with Gasteiger partial charge in [0.25, 0.3) is 0 Å². The molecule has 0 saturated heterocycles. The molecular formula is C15H32N2O. The molecule has 0 aromatic carbocycles. The predicted octanol–water partition coefficient (Wildman–Crippen LogP) is 2.51. The number of methoxy groups -OCH3 is 1. The molecule has 0 bridgehead atoms. The third-order valence-corrected chi connectivity index (χ3v) is 4.60. The minimum absolute atomic E-state index is 0.497. The normalized spacial score (nSPS) is 30.7. The number of nitrogens with zero attached hydrogens (tertiary/aromatic N) is 1. The first-order chi connectivity index (χ1) is 8.63. The molecule has 1 N–H and O–H groups in total. The van der Waals surface area contributed by atoms with Crippen LogP contribution in [0.1, 0.15) is 46.5 Å². The van der Waals surface area contributed by atoms with Crippen molar-refractivity contribution in [3.05, 3.63) is 0 Å². The number of likely N-dealkylation sites (N-methyl/N-ethyl adjacent to an activating group) is 2. The number of ether oxygens (including phenoxy) is 1. The molecular weight excluding hydrogens is 224 g/mol. The van der Waals surface area contributed by atoms with Crippen molar-refractivity contribution in [2.24, 2.45) is 5.92 Å². The molecule has 1 fully saturated rings. The van der Waals surface area contributed by atoms with Gasteiger partial charge in [-0.2, -0.15) is 0 Å². The molecule has 3 nitrogen and oxygen atoms in total. The fourth-order valence-corrected chi connectivity index (χ4v) is 3.24. The second kappa shape index (κ2) is 8.13. The topological polar surface area (TPSA) is 24.5 Å². The maximum atomic E-state index is 5.30. The molecule has 0 amide bonds. The Hall–Kier alpha value is -0.120. The quantitative estimate of drug-likeness (QED) is 0.757. The van der Waals surface area contributed by atoms with E-state index in [2.05, 4.69) is 38.0 Å². The lowest BCUT2D eigenvalue weighted by Crippen LogP contribution is -2.55. The molecule has 4 atom stereocenters. The van der Waals surface area contributed by atoms with E-state index in [9.17, 15) is 0 Å².